The fourth-order valence-electron chi connectivity index (χ4n) is 5.13. The summed E-state index contributed by atoms with van der Waals surface area (Å²) in [5, 5.41) is 15.0. The summed E-state index contributed by atoms with van der Waals surface area (Å²) in [5.41, 5.74) is 14.3. The van der Waals surface area contributed by atoms with E-state index in [4.69, 9.17) is 16.6 Å². The molecule has 5 N–H and O–H groups in total. The molecule has 2 amide bonds. The van der Waals surface area contributed by atoms with E-state index < -0.39 is 12.0 Å². The van der Waals surface area contributed by atoms with E-state index >= 15 is 0 Å². The van der Waals surface area contributed by atoms with Crippen LogP contribution in [0.25, 0.3) is 11.3 Å². The zero-order chi connectivity index (χ0) is 23.9. The van der Waals surface area contributed by atoms with Crippen LogP contribution in [0.3, 0.4) is 0 Å². The maximum absolute atomic E-state index is 12.2. The third kappa shape index (κ3) is 4.09. The van der Waals surface area contributed by atoms with Gasteiger partial charge in [-0.15, -0.1) is 0 Å². The van der Waals surface area contributed by atoms with Gasteiger partial charge in [-0.25, -0.2) is 4.68 Å². The molecule has 33 heavy (non-hydrogen) atoms. The zero-order valence-electron chi connectivity index (χ0n) is 19.3. The number of aliphatic hydroxyl groups is 1. The third-order valence-corrected chi connectivity index (χ3v) is 6.99. The molecule has 4 rings (SSSR count). The number of rotatable bonds is 5. The van der Waals surface area contributed by atoms with Crippen LogP contribution in [0, 0.1) is 23.2 Å². The van der Waals surface area contributed by atoms with Crippen LogP contribution in [0.2, 0.25) is 0 Å². The van der Waals surface area contributed by atoms with Crippen LogP contribution in [0.4, 0.5) is 5.82 Å². The molecule has 1 unspecified atom stereocenters. The Hall–Kier alpha value is -3.31. The van der Waals surface area contributed by atoms with Crippen molar-refractivity contribution in [1.29, 1.82) is 0 Å². The standard InChI is InChI=1S/C25H31N5O3/c1-4-5-19(31)29-11-10-25(14-29)12-18(13-25)30-23(26)20(24(27)33)21(28-30)16-6-8-17(9-7-16)22(32)15(2)3/h6-9,15,18,22,32H,10-14,26H2,1-3H3,(H2,27,33). The number of aliphatic hydroxyl groups excluding tert-OH is 1. The molecule has 1 aliphatic heterocycles. The van der Waals surface area contributed by atoms with Gasteiger partial charge in [0.2, 0.25) is 0 Å². The summed E-state index contributed by atoms with van der Waals surface area (Å²) in [6, 6.07) is 7.38. The number of anilines is 1. The lowest BCUT2D eigenvalue weighted by molar-refractivity contribution is -0.125. The summed E-state index contributed by atoms with van der Waals surface area (Å²) in [6.45, 7) is 6.97. The average Bonchev–Trinajstić information content (AvgIpc) is 3.34. The fourth-order valence-corrected chi connectivity index (χ4v) is 5.13. The van der Waals surface area contributed by atoms with Gasteiger partial charge in [0.05, 0.1) is 12.1 Å². The molecule has 2 fully saturated rings. The Kier molecular flexibility index (Phi) is 5.93. The molecule has 174 valence electrons. The Morgan fingerprint density at radius 2 is 1.91 bits per heavy atom. The average molecular weight is 450 g/mol. The van der Waals surface area contributed by atoms with Crippen LogP contribution in [0.1, 0.15) is 68.1 Å². The summed E-state index contributed by atoms with van der Waals surface area (Å²) in [5.74, 6) is 4.90. The normalized spacial score (nSPS) is 22.7. The van der Waals surface area contributed by atoms with Crippen molar-refractivity contribution in [1.82, 2.24) is 14.7 Å². The van der Waals surface area contributed by atoms with Gasteiger partial charge in [0.15, 0.2) is 0 Å². The van der Waals surface area contributed by atoms with Gasteiger partial charge >= 0.3 is 0 Å². The highest BCUT2D eigenvalue weighted by Gasteiger charge is 2.51. The van der Waals surface area contributed by atoms with E-state index in [1.54, 1.807) is 11.6 Å². The van der Waals surface area contributed by atoms with E-state index in [0.29, 0.717) is 18.8 Å². The molecule has 0 bridgehead atoms. The Labute approximate surface area is 193 Å². The number of hydrogen-bond acceptors (Lipinski definition) is 5. The molecule has 2 aliphatic rings. The quantitative estimate of drug-likeness (QED) is 0.604. The van der Waals surface area contributed by atoms with Crippen molar-refractivity contribution in [2.75, 3.05) is 18.8 Å². The molecular formula is C25H31N5O3. The van der Waals surface area contributed by atoms with Crippen molar-refractivity contribution in [2.24, 2.45) is 17.1 Å². The van der Waals surface area contributed by atoms with E-state index in [1.807, 2.05) is 43.0 Å². The Morgan fingerprint density at radius 1 is 1.24 bits per heavy atom. The van der Waals surface area contributed by atoms with Gasteiger partial charge in [-0.3, -0.25) is 9.59 Å². The highest BCUT2D eigenvalue weighted by Crippen LogP contribution is 2.54. The largest absolute Gasteiger partial charge is 0.388 e. The number of nitrogen functional groups attached to an aromatic ring is 1. The summed E-state index contributed by atoms with van der Waals surface area (Å²) < 4.78 is 1.72. The molecule has 0 radical (unpaired) electrons. The first-order valence-electron chi connectivity index (χ1n) is 11.3. The highest BCUT2D eigenvalue weighted by molar-refractivity contribution is 6.03. The minimum atomic E-state index is -0.621. The van der Waals surface area contributed by atoms with Gasteiger partial charge in [-0.05, 0) is 49.0 Å². The molecule has 2 heterocycles. The van der Waals surface area contributed by atoms with Crippen molar-refractivity contribution >= 4 is 17.6 Å². The first-order valence-corrected chi connectivity index (χ1v) is 11.3. The zero-order valence-corrected chi connectivity index (χ0v) is 19.3. The van der Waals surface area contributed by atoms with Gasteiger partial charge in [0.25, 0.3) is 11.8 Å². The van der Waals surface area contributed by atoms with Gasteiger partial charge in [0, 0.05) is 18.7 Å². The Bertz CT molecular complexity index is 1130. The minimum absolute atomic E-state index is 0.0474. The number of amides is 2. The smallest absolute Gasteiger partial charge is 0.298 e. The van der Waals surface area contributed by atoms with Crippen molar-refractivity contribution in [2.45, 2.75) is 52.2 Å². The molecule has 1 atom stereocenters. The van der Waals surface area contributed by atoms with E-state index in [-0.39, 0.29) is 34.7 Å². The molecule has 1 saturated carbocycles. The van der Waals surface area contributed by atoms with Gasteiger partial charge < -0.3 is 21.5 Å². The molecule has 1 aliphatic carbocycles. The lowest BCUT2D eigenvalue weighted by Crippen LogP contribution is -2.42. The molecule has 2 aromatic rings. The number of carbonyl (C=O) groups excluding carboxylic acids is 2. The van der Waals surface area contributed by atoms with Crippen molar-refractivity contribution in [3.8, 4) is 23.1 Å². The van der Waals surface area contributed by atoms with Crippen LogP contribution in [-0.2, 0) is 4.79 Å². The maximum Gasteiger partial charge on any atom is 0.298 e. The van der Waals surface area contributed by atoms with E-state index in [0.717, 1.165) is 30.4 Å². The molecule has 1 aromatic carbocycles. The molecule has 8 nitrogen and oxygen atoms in total. The number of benzene rings is 1. The minimum Gasteiger partial charge on any atom is -0.388 e. The second kappa shape index (κ2) is 8.56. The number of likely N-dealkylation sites (tertiary alicyclic amines) is 1. The molecule has 8 heteroatoms. The lowest BCUT2D eigenvalue weighted by Gasteiger charge is -2.45. The topological polar surface area (TPSA) is 127 Å². The number of primary amides is 1. The van der Waals surface area contributed by atoms with Crippen LogP contribution in [-0.4, -0.2) is 44.7 Å². The predicted octanol–water partition coefficient (Wildman–Crippen LogP) is 2.50. The Morgan fingerprint density at radius 3 is 2.48 bits per heavy atom. The number of nitrogens with zero attached hydrogens (tertiary/aromatic N) is 3. The van der Waals surface area contributed by atoms with Crippen LogP contribution in [0.15, 0.2) is 24.3 Å². The van der Waals surface area contributed by atoms with Crippen LogP contribution in [0.5, 0.6) is 0 Å². The maximum atomic E-state index is 12.2. The number of hydrogen-bond donors (Lipinski definition) is 3. The molecular weight excluding hydrogens is 418 g/mol. The van der Waals surface area contributed by atoms with Crippen molar-refractivity contribution in [3.05, 3.63) is 35.4 Å². The summed E-state index contributed by atoms with van der Waals surface area (Å²) in [4.78, 5) is 26.2. The van der Waals surface area contributed by atoms with Crippen LogP contribution >= 0.6 is 0 Å². The van der Waals surface area contributed by atoms with Gasteiger partial charge in [-0.1, -0.05) is 44.0 Å². The second-order valence-corrected chi connectivity index (χ2v) is 9.64. The van der Waals surface area contributed by atoms with Crippen LogP contribution < -0.4 is 11.5 Å². The van der Waals surface area contributed by atoms with Gasteiger partial charge in [-0.2, -0.15) is 5.10 Å². The number of carbonyl (C=O) groups is 2. The second-order valence-electron chi connectivity index (χ2n) is 9.64. The number of nitrogens with two attached hydrogens (primary N) is 2. The summed E-state index contributed by atoms with van der Waals surface area (Å²) in [6.07, 6.45) is 2.03. The molecule has 1 saturated heterocycles. The van der Waals surface area contributed by atoms with Crippen molar-refractivity contribution in [3.63, 3.8) is 0 Å². The predicted molar refractivity (Wildman–Crippen MR) is 126 cm³/mol. The first-order chi connectivity index (χ1) is 15.7. The number of aromatic nitrogens is 2. The fraction of sp³-hybridized carbons (Fsp3) is 0.480. The SMILES string of the molecule is CC#CC(=O)N1CCC2(CC(n3nc(-c4ccc(C(O)C(C)C)cc4)c(C(N)=O)c3N)C2)C1. The monoisotopic (exact) mass is 449 g/mol. The van der Waals surface area contributed by atoms with Crippen molar-refractivity contribution < 1.29 is 14.7 Å². The van der Waals surface area contributed by atoms with Gasteiger partial charge in [0.1, 0.15) is 17.1 Å². The van der Waals surface area contributed by atoms with E-state index in [2.05, 4.69) is 11.8 Å². The Balaban J connectivity index is 1.56. The lowest BCUT2D eigenvalue weighted by atomic mass is 9.65. The molecule has 1 spiro atoms. The van der Waals surface area contributed by atoms with E-state index in [1.165, 1.54) is 0 Å². The summed E-state index contributed by atoms with van der Waals surface area (Å²) >= 11 is 0. The first kappa shape index (κ1) is 22.9. The highest BCUT2D eigenvalue weighted by atomic mass is 16.3. The molecule has 1 aromatic heterocycles. The summed E-state index contributed by atoms with van der Waals surface area (Å²) in [7, 11) is 0. The van der Waals surface area contributed by atoms with E-state index in [9.17, 15) is 14.7 Å². The third-order valence-electron chi connectivity index (χ3n) is 6.99.